The third-order valence-corrected chi connectivity index (χ3v) is 6.26. The quantitative estimate of drug-likeness (QED) is 0.285. The Kier molecular flexibility index (Phi) is 8.37. The molecule has 0 radical (unpaired) electrons. The Labute approximate surface area is 215 Å². The maximum Gasteiger partial charge on any atom is 0.339 e. The van der Waals surface area contributed by atoms with E-state index in [2.05, 4.69) is 0 Å². The van der Waals surface area contributed by atoms with E-state index in [1.165, 1.54) is 42.7 Å². The highest BCUT2D eigenvalue weighted by Gasteiger charge is 2.34. The highest BCUT2D eigenvalue weighted by Crippen LogP contribution is 2.54. The predicted octanol–water partition coefficient (Wildman–Crippen LogP) is 5.33. The summed E-state index contributed by atoms with van der Waals surface area (Å²) in [6.07, 6.45) is 0.620. The van der Waals surface area contributed by atoms with Crippen LogP contribution in [0.4, 0.5) is 0 Å². The largest absolute Gasteiger partial charge is 0.506 e. The van der Waals surface area contributed by atoms with E-state index in [1.807, 2.05) is 6.92 Å². The smallest absolute Gasteiger partial charge is 0.339 e. The van der Waals surface area contributed by atoms with Crippen LogP contribution in [0.3, 0.4) is 0 Å². The fraction of sp³-hybridized carbons (Fsp3) is 0.357. The molecule has 0 saturated carbocycles. The van der Waals surface area contributed by atoms with Crippen LogP contribution in [0.1, 0.15) is 46.0 Å². The number of carbonyl (C=O) groups is 2. The summed E-state index contributed by atoms with van der Waals surface area (Å²) in [5, 5.41) is 12.2. The second-order valence-electron chi connectivity index (χ2n) is 8.18. The summed E-state index contributed by atoms with van der Waals surface area (Å²) in [4.78, 5) is 26.7. The van der Waals surface area contributed by atoms with Crippen molar-refractivity contribution in [1.82, 2.24) is 0 Å². The fourth-order valence-electron chi connectivity index (χ4n) is 4.67. The molecule has 0 bridgehead atoms. The normalized spacial score (nSPS) is 10.7. The van der Waals surface area contributed by atoms with Crippen LogP contribution in [-0.2, 0) is 4.74 Å². The Morgan fingerprint density at radius 1 is 0.784 bits per heavy atom. The average Bonchev–Trinajstić information content (AvgIpc) is 2.91. The molecule has 9 heteroatoms. The molecule has 0 atom stereocenters. The molecule has 0 spiro atoms. The van der Waals surface area contributed by atoms with Gasteiger partial charge in [0.05, 0.1) is 53.8 Å². The minimum atomic E-state index is -0.795. The standard InChI is InChI=1S/C28H32O9/c1-9-10-16(29)21-23(28(31)37-8)20(15-11-12-17(32-3)18(13-15)33-4)22-19(24(21)30)14(2)25(34-5)27(36-7)26(22)35-6/h11-13,30H,9-10H2,1-8H3. The van der Waals surface area contributed by atoms with Crippen molar-refractivity contribution in [3.63, 3.8) is 0 Å². The summed E-state index contributed by atoms with van der Waals surface area (Å²) in [5.74, 6) is 0.0931. The van der Waals surface area contributed by atoms with E-state index in [1.54, 1.807) is 25.1 Å². The summed E-state index contributed by atoms with van der Waals surface area (Å²) in [6.45, 7) is 3.57. The first-order valence-corrected chi connectivity index (χ1v) is 11.6. The van der Waals surface area contributed by atoms with Gasteiger partial charge in [-0.1, -0.05) is 13.0 Å². The number of phenols is 1. The molecule has 0 aliphatic carbocycles. The van der Waals surface area contributed by atoms with E-state index in [-0.39, 0.29) is 40.2 Å². The van der Waals surface area contributed by atoms with Gasteiger partial charge in [-0.3, -0.25) is 4.79 Å². The third-order valence-electron chi connectivity index (χ3n) is 6.26. The molecule has 3 aromatic rings. The number of rotatable bonds is 10. The molecular formula is C28H32O9. The lowest BCUT2D eigenvalue weighted by Gasteiger charge is -2.24. The maximum absolute atomic E-state index is 13.4. The molecule has 0 amide bonds. The van der Waals surface area contributed by atoms with Gasteiger partial charge in [0.1, 0.15) is 5.75 Å². The van der Waals surface area contributed by atoms with E-state index < -0.39 is 11.8 Å². The van der Waals surface area contributed by atoms with Crippen molar-refractivity contribution >= 4 is 22.5 Å². The van der Waals surface area contributed by atoms with Crippen molar-refractivity contribution in [1.29, 1.82) is 0 Å². The predicted molar refractivity (Wildman–Crippen MR) is 139 cm³/mol. The Morgan fingerprint density at radius 2 is 1.41 bits per heavy atom. The molecule has 198 valence electrons. The Hall–Kier alpha value is -4.14. The van der Waals surface area contributed by atoms with Crippen LogP contribution in [0.5, 0.6) is 34.5 Å². The van der Waals surface area contributed by atoms with Gasteiger partial charge in [-0.15, -0.1) is 0 Å². The monoisotopic (exact) mass is 512 g/mol. The Bertz CT molecular complexity index is 1360. The van der Waals surface area contributed by atoms with Crippen molar-refractivity contribution in [2.45, 2.75) is 26.7 Å². The molecule has 0 heterocycles. The zero-order valence-electron chi connectivity index (χ0n) is 22.4. The number of methoxy groups -OCH3 is 6. The number of phenolic OH excluding ortho intramolecular Hbond substituents is 1. The molecule has 0 unspecified atom stereocenters. The SMILES string of the molecule is CCCC(=O)c1c(C(=O)OC)c(-c2ccc(OC)c(OC)c2)c2c(OC)c(OC)c(OC)c(C)c2c1O. The van der Waals surface area contributed by atoms with E-state index in [4.69, 9.17) is 28.4 Å². The third kappa shape index (κ3) is 4.45. The van der Waals surface area contributed by atoms with E-state index in [9.17, 15) is 14.7 Å². The maximum atomic E-state index is 13.4. The van der Waals surface area contributed by atoms with Gasteiger partial charge in [0.15, 0.2) is 28.8 Å². The van der Waals surface area contributed by atoms with Gasteiger partial charge in [0.25, 0.3) is 0 Å². The molecule has 37 heavy (non-hydrogen) atoms. The summed E-state index contributed by atoms with van der Waals surface area (Å²) >= 11 is 0. The number of hydrogen-bond donors (Lipinski definition) is 1. The van der Waals surface area contributed by atoms with Crippen LogP contribution in [0, 0.1) is 6.92 Å². The topological polar surface area (TPSA) is 110 Å². The van der Waals surface area contributed by atoms with E-state index in [0.29, 0.717) is 45.7 Å². The molecule has 0 aliphatic heterocycles. The average molecular weight is 513 g/mol. The lowest BCUT2D eigenvalue weighted by molar-refractivity contribution is 0.0597. The first kappa shape index (κ1) is 27.4. The molecule has 3 aromatic carbocycles. The van der Waals surface area contributed by atoms with E-state index >= 15 is 0 Å². The Balaban J connectivity index is 2.77. The van der Waals surface area contributed by atoms with Crippen molar-refractivity contribution in [3.05, 3.63) is 34.9 Å². The number of aromatic hydroxyl groups is 1. The molecule has 9 nitrogen and oxygen atoms in total. The number of fused-ring (bicyclic) bond motifs is 1. The first-order chi connectivity index (χ1) is 17.7. The van der Waals surface area contributed by atoms with Gasteiger partial charge < -0.3 is 33.5 Å². The van der Waals surface area contributed by atoms with Gasteiger partial charge in [0.2, 0.25) is 5.75 Å². The van der Waals surface area contributed by atoms with Crippen molar-refractivity contribution in [2.75, 3.05) is 42.7 Å². The summed E-state index contributed by atoms with van der Waals surface area (Å²) in [5.41, 5.74) is 1.07. The number of Topliss-reactive ketones (excluding diaryl/α,β-unsaturated/α-hetero) is 1. The molecular weight excluding hydrogens is 480 g/mol. The van der Waals surface area contributed by atoms with E-state index in [0.717, 1.165) is 0 Å². The van der Waals surface area contributed by atoms with Gasteiger partial charge in [-0.25, -0.2) is 4.79 Å². The van der Waals surface area contributed by atoms with Crippen molar-refractivity contribution in [2.24, 2.45) is 0 Å². The molecule has 0 saturated heterocycles. The molecule has 3 rings (SSSR count). The number of aryl methyl sites for hydroxylation is 1. The number of hydrogen-bond acceptors (Lipinski definition) is 9. The van der Waals surface area contributed by atoms with Crippen molar-refractivity contribution < 1.29 is 43.1 Å². The molecule has 0 aliphatic rings. The zero-order valence-corrected chi connectivity index (χ0v) is 22.4. The van der Waals surface area contributed by atoms with Crippen LogP contribution in [0.25, 0.3) is 21.9 Å². The first-order valence-electron chi connectivity index (χ1n) is 11.6. The molecule has 0 aromatic heterocycles. The minimum absolute atomic E-state index is 0.0944. The Morgan fingerprint density at radius 3 is 1.92 bits per heavy atom. The number of ether oxygens (including phenoxy) is 6. The van der Waals surface area contributed by atoms with Crippen molar-refractivity contribution in [3.8, 4) is 45.6 Å². The van der Waals surface area contributed by atoms with Gasteiger partial charge in [-0.05, 0) is 31.0 Å². The number of benzene rings is 3. The van der Waals surface area contributed by atoms with Crippen LogP contribution < -0.4 is 23.7 Å². The highest BCUT2D eigenvalue weighted by molar-refractivity contribution is 6.22. The van der Waals surface area contributed by atoms with Crippen LogP contribution >= 0.6 is 0 Å². The van der Waals surface area contributed by atoms with Crippen LogP contribution in [0.2, 0.25) is 0 Å². The van der Waals surface area contributed by atoms with Gasteiger partial charge in [-0.2, -0.15) is 0 Å². The lowest BCUT2D eigenvalue weighted by atomic mass is 9.84. The lowest BCUT2D eigenvalue weighted by Crippen LogP contribution is -2.14. The molecule has 0 fully saturated rings. The van der Waals surface area contributed by atoms with Crippen LogP contribution in [0.15, 0.2) is 18.2 Å². The summed E-state index contributed by atoms with van der Waals surface area (Å²) in [7, 11) is 8.59. The number of esters is 1. The number of ketones is 1. The second kappa shape index (κ2) is 11.3. The van der Waals surface area contributed by atoms with Gasteiger partial charge >= 0.3 is 5.97 Å². The minimum Gasteiger partial charge on any atom is -0.506 e. The molecule has 1 N–H and O–H groups in total. The summed E-state index contributed by atoms with van der Waals surface area (Å²) < 4.78 is 33.0. The fourth-order valence-corrected chi connectivity index (χ4v) is 4.67. The zero-order chi connectivity index (χ0) is 27.4. The van der Waals surface area contributed by atoms with Gasteiger partial charge in [0, 0.05) is 28.3 Å². The number of carbonyl (C=O) groups excluding carboxylic acids is 2. The summed E-state index contributed by atoms with van der Waals surface area (Å²) in [6, 6.07) is 5.08. The highest BCUT2D eigenvalue weighted by atomic mass is 16.5. The van der Waals surface area contributed by atoms with Crippen LogP contribution in [-0.4, -0.2) is 59.5 Å². The second-order valence-corrected chi connectivity index (χ2v) is 8.18.